The van der Waals surface area contributed by atoms with E-state index in [-0.39, 0.29) is 17.4 Å². The second-order valence-electron chi connectivity index (χ2n) is 8.80. The topological polar surface area (TPSA) is 66.4 Å². The van der Waals surface area contributed by atoms with Gasteiger partial charge in [-0.15, -0.1) is 0 Å². The van der Waals surface area contributed by atoms with E-state index in [1.807, 2.05) is 6.92 Å². The van der Waals surface area contributed by atoms with E-state index in [0.29, 0.717) is 17.7 Å². The summed E-state index contributed by atoms with van der Waals surface area (Å²) in [5, 5.41) is 12.2. The van der Waals surface area contributed by atoms with Crippen LogP contribution < -0.4 is 5.32 Å². The minimum Gasteiger partial charge on any atom is -0.508 e. The number of phenols is 1. The van der Waals surface area contributed by atoms with Crippen LogP contribution in [0.5, 0.6) is 5.75 Å². The summed E-state index contributed by atoms with van der Waals surface area (Å²) in [7, 11) is 0. The maximum absolute atomic E-state index is 12.4. The van der Waals surface area contributed by atoms with Crippen molar-refractivity contribution >= 4 is 23.0 Å². The van der Waals surface area contributed by atoms with Gasteiger partial charge in [-0.05, 0) is 60.9 Å². The van der Waals surface area contributed by atoms with Crippen LogP contribution >= 0.6 is 0 Å². The average Bonchev–Trinajstić information content (AvgIpc) is 2.81. The summed E-state index contributed by atoms with van der Waals surface area (Å²) in [6, 6.07) is 13.8. The molecular formula is C29H39NO3. The predicted molar refractivity (Wildman–Crippen MR) is 138 cm³/mol. The Labute approximate surface area is 199 Å². The first-order valence-corrected chi connectivity index (χ1v) is 12.4. The van der Waals surface area contributed by atoms with Crippen LogP contribution in [0.4, 0.5) is 5.69 Å². The number of rotatable bonds is 15. The van der Waals surface area contributed by atoms with Gasteiger partial charge in [0, 0.05) is 23.7 Å². The summed E-state index contributed by atoms with van der Waals surface area (Å²) in [5.41, 5.74) is 3.02. The number of benzene rings is 2. The van der Waals surface area contributed by atoms with Gasteiger partial charge in [0.2, 0.25) is 5.91 Å². The third-order valence-corrected chi connectivity index (χ3v) is 5.90. The molecule has 0 spiro atoms. The van der Waals surface area contributed by atoms with E-state index in [0.717, 1.165) is 24.0 Å². The Balaban J connectivity index is 1.68. The summed E-state index contributed by atoms with van der Waals surface area (Å²) in [6.07, 6.45) is 14.7. The Morgan fingerprint density at radius 3 is 1.85 bits per heavy atom. The normalized spacial score (nSPS) is 11.4. The van der Waals surface area contributed by atoms with Crippen LogP contribution in [0, 0.1) is 0 Å². The second kappa shape index (κ2) is 15.0. The number of carbonyl (C=O) groups is 2. The number of hydrogen-bond acceptors (Lipinski definition) is 3. The molecule has 178 valence electrons. The molecule has 0 atom stereocenters. The van der Waals surface area contributed by atoms with Crippen LogP contribution in [-0.4, -0.2) is 16.8 Å². The minimum atomic E-state index is -0.231. The molecule has 0 unspecified atom stereocenters. The highest BCUT2D eigenvalue weighted by Crippen LogP contribution is 2.18. The van der Waals surface area contributed by atoms with Gasteiger partial charge < -0.3 is 10.4 Å². The number of anilines is 1. The lowest BCUT2D eigenvalue weighted by Gasteiger charge is -2.06. The second-order valence-corrected chi connectivity index (χ2v) is 8.80. The van der Waals surface area contributed by atoms with Gasteiger partial charge in [-0.3, -0.25) is 9.59 Å². The van der Waals surface area contributed by atoms with Gasteiger partial charge in [0.25, 0.3) is 0 Å². The van der Waals surface area contributed by atoms with Crippen LogP contribution in [-0.2, 0) is 4.79 Å². The van der Waals surface area contributed by atoms with Crippen molar-refractivity contribution in [2.45, 2.75) is 84.5 Å². The zero-order valence-corrected chi connectivity index (χ0v) is 20.2. The minimum absolute atomic E-state index is 0.163. The van der Waals surface area contributed by atoms with Crippen molar-refractivity contribution < 1.29 is 14.7 Å². The summed E-state index contributed by atoms with van der Waals surface area (Å²) < 4.78 is 0. The number of unbranched alkanes of at least 4 members (excludes halogenated alkanes) is 9. The first kappa shape index (κ1) is 26.4. The number of Topliss-reactive ketones (excluding diaryl/α,β-unsaturated/α-hetero) is 1. The highest BCUT2D eigenvalue weighted by molar-refractivity contribution is 6.04. The zero-order chi connectivity index (χ0) is 23.9. The number of phenolic OH excluding ortho intramolecular Hbond substituents is 1. The van der Waals surface area contributed by atoms with Crippen molar-refractivity contribution in [3.63, 3.8) is 0 Å². The lowest BCUT2D eigenvalue weighted by molar-refractivity contribution is -0.111. The summed E-state index contributed by atoms with van der Waals surface area (Å²) in [6.45, 7) is 4.09. The van der Waals surface area contributed by atoms with E-state index in [9.17, 15) is 14.7 Å². The Kier molecular flexibility index (Phi) is 12.0. The van der Waals surface area contributed by atoms with Gasteiger partial charge in [-0.25, -0.2) is 0 Å². The van der Waals surface area contributed by atoms with Crippen molar-refractivity contribution in [1.82, 2.24) is 0 Å². The summed E-state index contributed by atoms with van der Waals surface area (Å²) >= 11 is 0. The maximum Gasteiger partial charge on any atom is 0.248 e. The molecule has 1 amide bonds. The van der Waals surface area contributed by atoms with E-state index in [4.69, 9.17) is 0 Å². The summed E-state index contributed by atoms with van der Waals surface area (Å²) in [5.74, 6) is 0.124. The van der Waals surface area contributed by atoms with Crippen LogP contribution in [0.2, 0.25) is 0 Å². The highest BCUT2D eigenvalue weighted by Gasteiger charge is 2.07. The number of aromatic hydroxyl groups is 1. The van der Waals surface area contributed by atoms with E-state index in [1.165, 1.54) is 57.4 Å². The molecular weight excluding hydrogens is 410 g/mol. The Morgan fingerprint density at radius 1 is 0.758 bits per heavy atom. The molecule has 0 saturated heterocycles. The number of nitrogens with one attached hydrogen (secondary N) is 1. The van der Waals surface area contributed by atoms with E-state index in [1.54, 1.807) is 48.5 Å². The fourth-order valence-electron chi connectivity index (χ4n) is 3.84. The number of amides is 1. The van der Waals surface area contributed by atoms with Crippen molar-refractivity contribution in [3.8, 4) is 5.75 Å². The van der Waals surface area contributed by atoms with Crippen LogP contribution in [0.1, 0.15) is 100 Å². The lowest BCUT2D eigenvalue weighted by Crippen LogP contribution is -2.09. The quantitative estimate of drug-likeness (QED) is 0.165. The van der Waals surface area contributed by atoms with Crippen molar-refractivity contribution in [2.24, 2.45) is 0 Å². The summed E-state index contributed by atoms with van der Waals surface area (Å²) in [4.78, 5) is 24.7. The van der Waals surface area contributed by atoms with Gasteiger partial charge in [0.1, 0.15) is 5.75 Å². The molecule has 4 heteroatoms. The molecule has 2 N–H and O–H groups in total. The molecule has 0 aliphatic rings. The fourth-order valence-corrected chi connectivity index (χ4v) is 3.84. The number of carbonyl (C=O) groups excluding carboxylic acids is 2. The van der Waals surface area contributed by atoms with Gasteiger partial charge in [0.15, 0.2) is 5.78 Å². The Bertz CT molecular complexity index is 882. The molecule has 0 aromatic heterocycles. The molecule has 0 aliphatic carbocycles. The SMILES string of the molecule is CCCCCCCCCCCCC(=O)c1ccc(NC(=O)C=C(C)c2ccc(O)cc2)cc1. The van der Waals surface area contributed by atoms with Crippen molar-refractivity contribution in [2.75, 3.05) is 5.32 Å². The molecule has 2 aromatic rings. The maximum atomic E-state index is 12.4. The molecule has 0 aliphatic heterocycles. The smallest absolute Gasteiger partial charge is 0.248 e. The standard InChI is InChI=1S/C29H39NO3/c1-3-4-5-6-7-8-9-10-11-12-13-28(32)25-14-18-26(19-15-25)30-29(33)22-23(2)24-16-20-27(31)21-17-24/h14-22,31H,3-13H2,1-2H3,(H,30,33). The van der Waals surface area contributed by atoms with Crippen molar-refractivity contribution in [1.29, 1.82) is 0 Å². The Hall–Kier alpha value is -2.88. The molecule has 4 nitrogen and oxygen atoms in total. The first-order valence-electron chi connectivity index (χ1n) is 12.4. The highest BCUT2D eigenvalue weighted by atomic mass is 16.3. The monoisotopic (exact) mass is 449 g/mol. The van der Waals surface area contributed by atoms with Crippen LogP contribution in [0.3, 0.4) is 0 Å². The number of ketones is 1. The molecule has 2 rings (SSSR count). The Morgan fingerprint density at radius 2 is 1.27 bits per heavy atom. The molecule has 2 aromatic carbocycles. The first-order chi connectivity index (χ1) is 16.0. The largest absolute Gasteiger partial charge is 0.508 e. The van der Waals surface area contributed by atoms with Crippen LogP contribution in [0.25, 0.3) is 5.57 Å². The number of allylic oxidation sites excluding steroid dienone is 1. The van der Waals surface area contributed by atoms with E-state index < -0.39 is 0 Å². The third kappa shape index (κ3) is 10.5. The molecule has 0 saturated carbocycles. The fraction of sp³-hybridized carbons (Fsp3) is 0.448. The lowest BCUT2D eigenvalue weighted by atomic mass is 10.0. The van der Waals surface area contributed by atoms with Gasteiger partial charge >= 0.3 is 0 Å². The molecule has 0 heterocycles. The predicted octanol–water partition coefficient (Wildman–Crippen LogP) is 7.93. The third-order valence-electron chi connectivity index (χ3n) is 5.90. The molecule has 0 bridgehead atoms. The zero-order valence-electron chi connectivity index (χ0n) is 20.2. The average molecular weight is 450 g/mol. The van der Waals surface area contributed by atoms with Gasteiger partial charge in [0.05, 0.1) is 0 Å². The van der Waals surface area contributed by atoms with E-state index >= 15 is 0 Å². The molecule has 0 fully saturated rings. The van der Waals surface area contributed by atoms with E-state index in [2.05, 4.69) is 12.2 Å². The number of hydrogen-bond donors (Lipinski definition) is 2. The van der Waals surface area contributed by atoms with Gasteiger partial charge in [-0.1, -0.05) is 76.8 Å². The van der Waals surface area contributed by atoms with Crippen LogP contribution in [0.15, 0.2) is 54.6 Å². The molecule has 33 heavy (non-hydrogen) atoms. The van der Waals surface area contributed by atoms with Gasteiger partial charge in [-0.2, -0.15) is 0 Å². The van der Waals surface area contributed by atoms with Crippen molar-refractivity contribution in [3.05, 3.63) is 65.7 Å². The molecule has 0 radical (unpaired) electrons.